The molecule has 114 valence electrons. The summed E-state index contributed by atoms with van der Waals surface area (Å²) in [6.07, 6.45) is 9.29. The first-order valence-corrected chi connectivity index (χ1v) is 8.28. The first-order valence-electron chi connectivity index (χ1n) is 8.28. The lowest BCUT2D eigenvalue weighted by Gasteiger charge is -2.41. The minimum Gasteiger partial charge on any atom is -0.448 e. The summed E-state index contributed by atoms with van der Waals surface area (Å²) in [5, 5.41) is 3.49. The summed E-state index contributed by atoms with van der Waals surface area (Å²) in [7, 11) is 0. The number of nitrogens with zero attached hydrogens (tertiary/aromatic N) is 1. The summed E-state index contributed by atoms with van der Waals surface area (Å²) in [5.41, 5.74) is 2.76. The molecule has 0 radical (unpaired) electrons. The first-order chi connectivity index (χ1) is 10.9. The predicted molar refractivity (Wildman–Crippen MR) is 89.1 cm³/mol. The quantitative estimate of drug-likeness (QED) is 0.864. The Morgan fingerprint density at radius 1 is 1.05 bits per heavy atom. The average Bonchev–Trinajstić information content (AvgIpc) is 3.01. The molecule has 0 amide bonds. The highest BCUT2D eigenvalue weighted by Crippen LogP contribution is 2.45. The van der Waals surface area contributed by atoms with Gasteiger partial charge in [0.15, 0.2) is 0 Å². The maximum Gasteiger partial charge on any atom is 0.201 e. The third-order valence-electron chi connectivity index (χ3n) is 5.08. The molecule has 0 saturated heterocycles. The van der Waals surface area contributed by atoms with Gasteiger partial charge in [0.25, 0.3) is 0 Å². The van der Waals surface area contributed by atoms with Crippen molar-refractivity contribution in [3.8, 4) is 0 Å². The molecule has 0 unspecified atom stereocenters. The second-order valence-electron chi connectivity index (χ2n) is 6.57. The van der Waals surface area contributed by atoms with Gasteiger partial charge in [-0.15, -0.1) is 0 Å². The standard InChI is InChI=1S/C19H22N2O/c1-3-7-15(8-4-1)14-20-18-19(10-5-2-6-11-19)13-16-9-12-22-17(16)21-18/h1,3-4,7-9,12H,2,5-6,10-11,13-14H2,(H,20,21). The number of nitrogens with one attached hydrogen (secondary N) is 1. The largest absolute Gasteiger partial charge is 0.448 e. The van der Waals surface area contributed by atoms with E-state index in [0.717, 1.165) is 24.7 Å². The Bertz CT molecular complexity index is 666. The lowest BCUT2D eigenvalue weighted by Crippen LogP contribution is -2.43. The highest BCUT2D eigenvalue weighted by atomic mass is 16.3. The maximum absolute atomic E-state index is 5.58. The topological polar surface area (TPSA) is 37.5 Å². The van der Waals surface area contributed by atoms with E-state index in [2.05, 4.69) is 35.6 Å². The van der Waals surface area contributed by atoms with Crippen molar-refractivity contribution in [3.63, 3.8) is 0 Å². The van der Waals surface area contributed by atoms with Crippen LogP contribution in [-0.4, -0.2) is 5.84 Å². The van der Waals surface area contributed by atoms with E-state index in [4.69, 9.17) is 9.41 Å². The Morgan fingerprint density at radius 2 is 1.86 bits per heavy atom. The fraction of sp³-hybridized carbons (Fsp3) is 0.421. The van der Waals surface area contributed by atoms with Crippen LogP contribution in [-0.2, 0) is 13.0 Å². The minimum atomic E-state index is 0.198. The molecule has 22 heavy (non-hydrogen) atoms. The highest BCUT2D eigenvalue weighted by Gasteiger charge is 2.41. The molecule has 0 bridgehead atoms. The Hall–Kier alpha value is -2.03. The summed E-state index contributed by atoms with van der Waals surface area (Å²) in [6, 6.07) is 12.6. The first kappa shape index (κ1) is 13.6. The van der Waals surface area contributed by atoms with Crippen molar-refractivity contribution in [3.05, 3.63) is 53.8 Å². The van der Waals surface area contributed by atoms with Crippen LogP contribution in [0.25, 0.3) is 0 Å². The van der Waals surface area contributed by atoms with Crippen LogP contribution in [0.3, 0.4) is 0 Å². The Morgan fingerprint density at radius 3 is 2.68 bits per heavy atom. The fourth-order valence-electron chi connectivity index (χ4n) is 3.88. The van der Waals surface area contributed by atoms with Crippen LogP contribution in [0.1, 0.15) is 43.2 Å². The fourth-order valence-corrected chi connectivity index (χ4v) is 3.88. The normalized spacial score (nSPS) is 21.5. The number of hydrogen-bond donors (Lipinski definition) is 1. The van der Waals surface area contributed by atoms with Gasteiger partial charge in [-0.25, -0.2) is 0 Å². The van der Waals surface area contributed by atoms with Crippen LogP contribution in [0.5, 0.6) is 0 Å². The summed E-state index contributed by atoms with van der Waals surface area (Å²) in [5.74, 6) is 2.03. The molecule has 2 heterocycles. The van der Waals surface area contributed by atoms with Crippen LogP contribution in [0, 0.1) is 5.41 Å². The van der Waals surface area contributed by atoms with Gasteiger partial charge in [0.2, 0.25) is 5.88 Å². The second-order valence-corrected chi connectivity index (χ2v) is 6.57. The second kappa shape index (κ2) is 5.64. The van der Waals surface area contributed by atoms with E-state index < -0.39 is 0 Å². The maximum atomic E-state index is 5.58. The molecular weight excluding hydrogens is 272 g/mol. The molecule has 3 nitrogen and oxygen atoms in total. The van der Waals surface area contributed by atoms with Gasteiger partial charge in [0.1, 0.15) is 5.84 Å². The molecular formula is C19H22N2O. The SMILES string of the molecule is c1ccc(CN=C2Nc3occc3CC23CCCCC3)cc1. The van der Waals surface area contributed by atoms with Crippen molar-refractivity contribution in [2.24, 2.45) is 10.4 Å². The van der Waals surface area contributed by atoms with Crippen molar-refractivity contribution in [2.45, 2.75) is 45.1 Å². The van der Waals surface area contributed by atoms with Gasteiger partial charge >= 0.3 is 0 Å². The summed E-state index contributed by atoms with van der Waals surface area (Å²) < 4.78 is 5.58. The van der Waals surface area contributed by atoms with Crippen molar-refractivity contribution in [1.82, 2.24) is 0 Å². The number of fused-ring (bicyclic) bond motifs is 1. The van der Waals surface area contributed by atoms with Gasteiger partial charge in [-0.2, -0.15) is 0 Å². The van der Waals surface area contributed by atoms with Crippen molar-refractivity contribution >= 4 is 11.7 Å². The van der Waals surface area contributed by atoms with Gasteiger partial charge in [-0.1, -0.05) is 49.6 Å². The van der Waals surface area contributed by atoms with Crippen LogP contribution < -0.4 is 5.32 Å². The van der Waals surface area contributed by atoms with E-state index in [0.29, 0.717) is 0 Å². The molecule has 4 rings (SSSR count). The Balaban J connectivity index is 1.65. The molecule has 1 aromatic carbocycles. The number of anilines is 1. The zero-order valence-corrected chi connectivity index (χ0v) is 12.8. The van der Waals surface area contributed by atoms with Crippen molar-refractivity contribution < 1.29 is 4.42 Å². The zero-order chi connectivity index (χ0) is 14.8. The highest BCUT2D eigenvalue weighted by molar-refractivity contribution is 6.01. The number of rotatable bonds is 2. The predicted octanol–water partition coefficient (Wildman–Crippen LogP) is 4.80. The lowest BCUT2D eigenvalue weighted by molar-refractivity contribution is 0.276. The molecule has 1 aromatic heterocycles. The molecule has 2 aromatic rings. The van der Waals surface area contributed by atoms with E-state index in [9.17, 15) is 0 Å². The average molecular weight is 294 g/mol. The molecule has 1 aliphatic heterocycles. The molecule has 1 fully saturated rings. The number of aliphatic imine (C=N–C) groups is 1. The summed E-state index contributed by atoms with van der Waals surface area (Å²) in [4.78, 5) is 4.95. The molecule has 1 aliphatic carbocycles. The summed E-state index contributed by atoms with van der Waals surface area (Å²) in [6.45, 7) is 0.737. The molecule has 3 heteroatoms. The monoisotopic (exact) mass is 294 g/mol. The van der Waals surface area contributed by atoms with Crippen molar-refractivity contribution in [1.29, 1.82) is 0 Å². The van der Waals surface area contributed by atoms with Gasteiger partial charge in [0.05, 0.1) is 12.8 Å². The zero-order valence-electron chi connectivity index (χ0n) is 12.8. The van der Waals surface area contributed by atoms with Crippen LogP contribution in [0.4, 0.5) is 5.88 Å². The number of benzene rings is 1. The van der Waals surface area contributed by atoms with E-state index in [-0.39, 0.29) is 5.41 Å². The van der Waals surface area contributed by atoms with Gasteiger partial charge < -0.3 is 9.73 Å². The number of furan rings is 1. The van der Waals surface area contributed by atoms with E-state index in [1.807, 2.05) is 6.07 Å². The third kappa shape index (κ3) is 2.45. The van der Waals surface area contributed by atoms with Crippen LogP contribution >= 0.6 is 0 Å². The number of hydrogen-bond acceptors (Lipinski definition) is 2. The molecule has 1 saturated carbocycles. The molecule has 1 N–H and O–H groups in total. The van der Waals surface area contributed by atoms with Gasteiger partial charge in [0, 0.05) is 11.0 Å². The molecule has 0 atom stereocenters. The van der Waals surface area contributed by atoms with Gasteiger partial charge in [-0.05, 0) is 30.9 Å². The van der Waals surface area contributed by atoms with Gasteiger partial charge in [-0.3, -0.25) is 4.99 Å². The van der Waals surface area contributed by atoms with Crippen LogP contribution in [0.15, 0.2) is 52.1 Å². The smallest absolute Gasteiger partial charge is 0.201 e. The minimum absolute atomic E-state index is 0.198. The molecule has 1 spiro atoms. The summed E-state index contributed by atoms with van der Waals surface area (Å²) >= 11 is 0. The number of amidine groups is 1. The van der Waals surface area contributed by atoms with E-state index >= 15 is 0 Å². The lowest BCUT2D eigenvalue weighted by atomic mass is 9.68. The van der Waals surface area contributed by atoms with E-state index in [1.54, 1.807) is 6.26 Å². The van der Waals surface area contributed by atoms with Crippen molar-refractivity contribution in [2.75, 3.05) is 5.32 Å². The third-order valence-corrected chi connectivity index (χ3v) is 5.08. The van der Waals surface area contributed by atoms with Crippen LogP contribution in [0.2, 0.25) is 0 Å². The van der Waals surface area contributed by atoms with E-state index in [1.165, 1.54) is 43.2 Å². The molecule has 2 aliphatic rings. The Labute approximate surface area is 131 Å². The Kier molecular flexibility index (Phi) is 3.49.